The number of nitrogens with zero attached hydrogens (tertiary/aromatic N) is 2. The Balaban J connectivity index is 1.50. The number of halogens is 1. The number of thiophene rings is 1. The number of aromatic amines is 1. The van der Waals surface area contributed by atoms with Gasteiger partial charge in [0.15, 0.2) is 0 Å². The molecule has 8 heteroatoms. The molecule has 4 heterocycles. The van der Waals surface area contributed by atoms with Crippen molar-refractivity contribution in [2.45, 2.75) is 12.5 Å². The van der Waals surface area contributed by atoms with E-state index >= 15 is 0 Å². The minimum Gasteiger partial charge on any atom is -0.339 e. The normalized spacial score (nSPS) is 12.1. The van der Waals surface area contributed by atoms with Crippen LogP contribution in [0.1, 0.15) is 4.88 Å². The van der Waals surface area contributed by atoms with Gasteiger partial charge in [0.05, 0.1) is 11.7 Å². The number of fused-ring (bicyclic) bond motifs is 1. The van der Waals surface area contributed by atoms with Crippen LogP contribution in [0.3, 0.4) is 0 Å². The lowest BCUT2D eigenvalue weighted by Gasteiger charge is -2.11. The van der Waals surface area contributed by atoms with Crippen LogP contribution in [-0.4, -0.2) is 26.9 Å². The first-order valence-corrected chi connectivity index (χ1v) is 11.2. The molecule has 0 saturated heterocycles. The zero-order valence-electron chi connectivity index (χ0n) is 17.5. The Morgan fingerprint density at radius 2 is 1.85 bits per heavy atom. The zero-order chi connectivity index (χ0) is 22.8. The van der Waals surface area contributed by atoms with Gasteiger partial charge in [-0.2, -0.15) is 0 Å². The second-order valence-corrected chi connectivity index (χ2v) is 8.62. The quantitative estimate of drug-likeness (QED) is 0.334. The predicted molar refractivity (Wildman–Crippen MR) is 129 cm³/mol. The molecular weight excluding hydrogens is 437 g/mol. The zero-order valence-corrected chi connectivity index (χ0v) is 18.3. The summed E-state index contributed by atoms with van der Waals surface area (Å²) in [6.07, 6.45) is 3.91. The van der Waals surface area contributed by atoms with Crippen LogP contribution in [0.25, 0.3) is 33.4 Å². The smallest absolute Gasteiger partial charge is 0.242 e. The van der Waals surface area contributed by atoms with Gasteiger partial charge >= 0.3 is 0 Å². The summed E-state index contributed by atoms with van der Waals surface area (Å²) in [5.41, 5.74) is 10.2. The maximum atomic E-state index is 13.5. The lowest BCUT2D eigenvalue weighted by Crippen LogP contribution is -2.37. The summed E-state index contributed by atoms with van der Waals surface area (Å²) in [4.78, 5) is 25.7. The third kappa shape index (κ3) is 4.39. The molecule has 5 rings (SSSR count). The van der Waals surface area contributed by atoms with E-state index in [0.717, 1.165) is 32.6 Å². The van der Waals surface area contributed by atoms with Crippen LogP contribution >= 0.6 is 11.3 Å². The number of anilines is 1. The first-order valence-electron chi connectivity index (χ1n) is 10.4. The fourth-order valence-electron chi connectivity index (χ4n) is 3.75. The van der Waals surface area contributed by atoms with Gasteiger partial charge in [-0.15, -0.1) is 11.3 Å². The molecule has 6 nitrogen and oxygen atoms in total. The standard InChI is InChI=1S/C25H20FN5OS/c26-17-5-3-16(4-6-17)23-22(15-9-11-28-12-10-15)19-7-8-21(29-24(19)31-23)30-25(32)20(27)14-18-2-1-13-33-18/h1-13,20H,14,27H2,(H2,29,30,31,32). The number of hydrogen-bond donors (Lipinski definition) is 3. The van der Waals surface area contributed by atoms with E-state index in [0.29, 0.717) is 17.9 Å². The SMILES string of the molecule is NC(Cc1cccs1)C(=O)Nc1ccc2c(-c3ccncc3)c(-c3ccc(F)cc3)[nH]c2n1. The number of aromatic nitrogens is 3. The second kappa shape index (κ2) is 8.93. The van der Waals surface area contributed by atoms with Crippen LogP contribution < -0.4 is 11.1 Å². The van der Waals surface area contributed by atoms with Crippen molar-refractivity contribution in [1.82, 2.24) is 15.0 Å². The minimum absolute atomic E-state index is 0.296. The van der Waals surface area contributed by atoms with E-state index in [2.05, 4.69) is 20.3 Å². The summed E-state index contributed by atoms with van der Waals surface area (Å²) in [5.74, 6) is -0.195. The summed E-state index contributed by atoms with van der Waals surface area (Å²) in [5, 5.41) is 5.65. The highest BCUT2D eigenvalue weighted by atomic mass is 32.1. The van der Waals surface area contributed by atoms with Gasteiger partial charge in [0, 0.05) is 34.6 Å². The summed E-state index contributed by atoms with van der Waals surface area (Å²) in [7, 11) is 0. The molecule has 0 aliphatic heterocycles. The molecular formula is C25H20FN5OS. The second-order valence-electron chi connectivity index (χ2n) is 7.59. The maximum Gasteiger partial charge on any atom is 0.242 e. The highest BCUT2D eigenvalue weighted by Crippen LogP contribution is 2.38. The van der Waals surface area contributed by atoms with Gasteiger partial charge in [0.2, 0.25) is 5.91 Å². The average molecular weight is 458 g/mol. The molecule has 4 N–H and O–H groups in total. The van der Waals surface area contributed by atoms with Gasteiger partial charge < -0.3 is 16.0 Å². The Morgan fingerprint density at radius 1 is 1.06 bits per heavy atom. The molecule has 0 radical (unpaired) electrons. The molecule has 0 aliphatic rings. The van der Waals surface area contributed by atoms with Crippen LogP contribution in [0, 0.1) is 5.82 Å². The molecule has 0 aliphatic carbocycles. The van der Waals surface area contributed by atoms with Crippen molar-refractivity contribution in [1.29, 1.82) is 0 Å². The third-order valence-electron chi connectivity index (χ3n) is 5.35. The Labute approximate surface area is 193 Å². The number of hydrogen-bond acceptors (Lipinski definition) is 5. The number of pyridine rings is 2. The number of amides is 1. The van der Waals surface area contributed by atoms with E-state index in [4.69, 9.17) is 5.73 Å². The Bertz CT molecular complexity index is 1400. The van der Waals surface area contributed by atoms with Crippen LogP contribution in [0.5, 0.6) is 0 Å². The van der Waals surface area contributed by atoms with E-state index in [1.54, 1.807) is 41.9 Å². The van der Waals surface area contributed by atoms with Crippen molar-refractivity contribution >= 4 is 34.1 Å². The number of benzene rings is 1. The topological polar surface area (TPSA) is 96.7 Å². The number of nitrogens with two attached hydrogens (primary N) is 1. The number of carbonyl (C=O) groups is 1. The van der Waals surface area contributed by atoms with E-state index in [-0.39, 0.29) is 11.7 Å². The van der Waals surface area contributed by atoms with Crippen LogP contribution in [0.15, 0.2) is 78.4 Å². The van der Waals surface area contributed by atoms with Gasteiger partial charge in [-0.3, -0.25) is 9.78 Å². The van der Waals surface area contributed by atoms with Crippen molar-refractivity contribution in [2.24, 2.45) is 5.73 Å². The van der Waals surface area contributed by atoms with Crippen molar-refractivity contribution in [2.75, 3.05) is 5.32 Å². The molecule has 33 heavy (non-hydrogen) atoms. The highest BCUT2D eigenvalue weighted by molar-refractivity contribution is 7.09. The van der Waals surface area contributed by atoms with Crippen molar-refractivity contribution in [3.05, 3.63) is 89.1 Å². The molecule has 1 aromatic carbocycles. The van der Waals surface area contributed by atoms with E-state index < -0.39 is 6.04 Å². The fourth-order valence-corrected chi connectivity index (χ4v) is 4.51. The number of carbonyl (C=O) groups excluding carboxylic acids is 1. The molecule has 1 unspecified atom stereocenters. The third-order valence-corrected chi connectivity index (χ3v) is 6.25. The van der Waals surface area contributed by atoms with E-state index in [1.807, 2.05) is 35.7 Å². The van der Waals surface area contributed by atoms with Gasteiger partial charge in [0.25, 0.3) is 0 Å². The predicted octanol–water partition coefficient (Wildman–Crippen LogP) is 5.00. The van der Waals surface area contributed by atoms with Crippen molar-refractivity contribution < 1.29 is 9.18 Å². The lowest BCUT2D eigenvalue weighted by molar-refractivity contribution is -0.117. The minimum atomic E-state index is -0.674. The maximum absolute atomic E-state index is 13.5. The Kier molecular flexibility index (Phi) is 5.68. The highest BCUT2D eigenvalue weighted by Gasteiger charge is 2.19. The number of nitrogens with one attached hydrogen (secondary N) is 2. The Morgan fingerprint density at radius 3 is 2.58 bits per heavy atom. The summed E-state index contributed by atoms with van der Waals surface area (Å²) in [6, 6.07) is 17.0. The largest absolute Gasteiger partial charge is 0.339 e. The monoisotopic (exact) mass is 457 g/mol. The number of H-pyrrole nitrogens is 1. The first kappa shape index (κ1) is 21.0. The molecule has 0 spiro atoms. The van der Waals surface area contributed by atoms with Crippen molar-refractivity contribution in [3.63, 3.8) is 0 Å². The summed E-state index contributed by atoms with van der Waals surface area (Å²) in [6.45, 7) is 0. The molecule has 0 bridgehead atoms. The molecule has 4 aromatic heterocycles. The number of rotatable bonds is 6. The van der Waals surface area contributed by atoms with Crippen molar-refractivity contribution in [3.8, 4) is 22.4 Å². The summed E-state index contributed by atoms with van der Waals surface area (Å²) >= 11 is 1.57. The molecule has 5 aromatic rings. The van der Waals surface area contributed by atoms with Gasteiger partial charge in [-0.25, -0.2) is 9.37 Å². The molecule has 1 amide bonds. The molecule has 0 saturated carbocycles. The summed E-state index contributed by atoms with van der Waals surface area (Å²) < 4.78 is 13.5. The van der Waals surface area contributed by atoms with Gasteiger partial charge in [-0.1, -0.05) is 6.07 Å². The molecule has 0 fully saturated rings. The lowest BCUT2D eigenvalue weighted by atomic mass is 10.00. The van der Waals surface area contributed by atoms with Crippen LogP contribution in [0.4, 0.5) is 10.2 Å². The van der Waals surface area contributed by atoms with Gasteiger partial charge in [-0.05, 0) is 71.1 Å². The Hall–Kier alpha value is -3.88. The molecule has 1 atom stereocenters. The van der Waals surface area contributed by atoms with Gasteiger partial charge in [0.1, 0.15) is 17.3 Å². The van der Waals surface area contributed by atoms with Crippen LogP contribution in [-0.2, 0) is 11.2 Å². The van der Waals surface area contributed by atoms with E-state index in [1.165, 1.54) is 12.1 Å². The van der Waals surface area contributed by atoms with Crippen LogP contribution in [0.2, 0.25) is 0 Å². The first-order chi connectivity index (χ1) is 16.1. The fraction of sp³-hybridized carbons (Fsp3) is 0.0800. The van der Waals surface area contributed by atoms with E-state index in [9.17, 15) is 9.18 Å². The molecule has 164 valence electrons. The average Bonchev–Trinajstić information content (AvgIpc) is 3.47.